The highest BCUT2D eigenvalue weighted by Crippen LogP contribution is 2.32. The van der Waals surface area contributed by atoms with Crippen LogP contribution in [0.3, 0.4) is 0 Å². The zero-order valence-electron chi connectivity index (χ0n) is 15.7. The number of fused-ring (bicyclic) bond motifs is 1. The van der Waals surface area contributed by atoms with Crippen LogP contribution in [0.5, 0.6) is 0 Å². The fraction of sp³-hybridized carbons (Fsp3) is 0.273. The molecule has 4 rings (SSSR count). The summed E-state index contributed by atoms with van der Waals surface area (Å²) in [6.45, 7) is 3.99. The van der Waals surface area contributed by atoms with Gasteiger partial charge in [0.1, 0.15) is 11.3 Å². The first-order valence-corrected chi connectivity index (χ1v) is 9.36. The first-order chi connectivity index (χ1) is 13.6. The molecule has 0 aliphatic carbocycles. The molecule has 1 aromatic heterocycles. The number of carbonyl (C=O) groups excluding carboxylic acids is 2. The molecular formula is C22H22N2O4. The van der Waals surface area contributed by atoms with Crippen LogP contribution in [-0.2, 0) is 16.0 Å². The molecule has 1 aliphatic rings. The Morgan fingerprint density at radius 3 is 2.54 bits per heavy atom. The molecule has 144 valence electrons. The standard InChI is InChI=1S/C22H22N2O4/c1-15-6-2-3-7-16(15)14-19(25)23-20-17-8-4-5-9-18(17)28-21(20)22(26)24-10-12-27-13-11-24/h2-9H,10-14H2,1H3,(H,23,25). The molecule has 2 heterocycles. The van der Waals surface area contributed by atoms with Gasteiger partial charge in [0.15, 0.2) is 0 Å². The van der Waals surface area contributed by atoms with Crippen LogP contribution in [0.4, 0.5) is 5.69 Å². The Hall–Kier alpha value is -3.12. The molecule has 3 aromatic rings. The zero-order chi connectivity index (χ0) is 19.5. The maximum Gasteiger partial charge on any atom is 0.291 e. The number of nitrogens with zero attached hydrogens (tertiary/aromatic N) is 1. The molecule has 0 saturated carbocycles. The van der Waals surface area contributed by atoms with Gasteiger partial charge in [0, 0.05) is 18.5 Å². The van der Waals surface area contributed by atoms with E-state index in [9.17, 15) is 9.59 Å². The molecule has 2 aromatic carbocycles. The maximum atomic E-state index is 13.0. The van der Waals surface area contributed by atoms with Crippen molar-refractivity contribution in [3.63, 3.8) is 0 Å². The summed E-state index contributed by atoms with van der Waals surface area (Å²) < 4.78 is 11.2. The number of nitrogens with one attached hydrogen (secondary N) is 1. The lowest BCUT2D eigenvalue weighted by atomic mass is 10.1. The number of hydrogen-bond acceptors (Lipinski definition) is 4. The van der Waals surface area contributed by atoms with Crippen molar-refractivity contribution in [3.05, 3.63) is 65.4 Å². The number of carbonyl (C=O) groups is 2. The lowest BCUT2D eigenvalue weighted by molar-refractivity contribution is -0.115. The molecule has 0 radical (unpaired) electrons. The number of benzene rings is 2. The van der Waals surface area contributed by atoms with Crippen LogP contribution in [0.2, 0.25) is 0 Å². The minimum atomic E-state index is -0.231. The van der Waals surface area contributed by atoms with Crippen LogP contribution < -0.4 is 5.32 Å². The van der Waals surface area contributed by atoms with Crippen LogP contribution in [0.1, 0.15) is 21.7 Å². The normalized spacial score (nSPS) is 14.2. The first kappa shape index (κ1) is 18.3. The minimum Gasteiger partial charge on any atom is -0.449 e. The maximum absolute atomic E-state index is 13.0. The van der Waals surface area contributed by atoms with Crippen LogP contribution in [0.25, 0.3) is 11.0 Å². The van der Waals surface area contributed by atoms with Crippen molar-refractivity contribution in [2.45, 2.75) is 13.3 Å². The lowest BCUT2D eigenvalue weighted by Gasteiger charge is -2.26. The average molecular weight is 378 g/mol. The van der Waals surface area contributed by atoms with Crippen LogP contribution in [0.15, 0.2) is 52.9 Å². The van der Waals surface area contributed by atoms with E-state index in [1.54, 1.807) is 11.0 Å². The Labute approximate surface area is 163 Å². The number of morpholine rings is 1. The van der Waals surface area contributed by atoms with Crippen molar-refractivity contribution < 1.29 is 18.7 Å². The summed E-state index contributed by atoms with van der Waals surface area (Å²) in [4.78, 5) is 27.4. The predicted octanol–water partition coefficient (Wildman–Crippen LogP) is 3.39. The van der Waals surface area contributed by atoms with Crippen molar-refractivity contribution >= 4 is 28.5 Å². The largest absolute Gasteiger partial charge is 0.449 e. The van der Waals surface area contributed by atoms with E-state index in [1.807, 2.05) is 49.4 Å². The third kappa shape index (κ3) is 3.64. The summed E-state index contributed by atoms with van der Waals surface area (Å²) in [5.74, 6) is -0.246. The molecule has 0 spiro atoms. The van der Waals surface area contributed by atoms with Crippen molar-refractivity contribution in [1.29, 1.82) is 0 Å². The van der Waals surface area contributed by atoms with Crippen molar-refractivity contribution in [2.75, 3.05) is 31.6 Å². The van der Waals surface area contributed by atoms with E-state index < -0.39 is 0 Å². The van der Waals surface area contributed by atoms with Gasteiger partial charge in [-0.1, -0.05) is 36.4 Å². The third-order valence-corrected chi connectivity index (χ3v) is 4.96. The van der Waals surface area contributed by atoms with Gasteiger partial charge in [0.05, 0.1) is 19.6 Å². The molecule has 0 atom stereocenters. The molecule has 6 nitrogen and oxygen atoms in total. The van der Waals surface area contributed by atoms with Gasteiger partial charge in [-0.15, -0.1) is 0 Å². The molecular weight excluding hydrogens is 356 g/mol. The number of anilines is 1. The quantitative estimate of drug-likeness (QED) is 0.755. The van der Waals surface area contributed by atoms with E-state index in [4.69, 9.17) is 9.15 Å². The molecule has 2 amide bonds. The van der Waals surface area contributed by atoms with E-state index in [1.165, 1.54) is 0 Å². The predicted molar refractivity (Wildman–Crippen MR) is 106 cm³/mol. The number of para-hydroxylation sites is 1. The number of furan rings is 1. The molecule has 28 heavy (non-hydrogen) atoms. The summed E-state index contributed by atoms with van der Waals surface area (Å²) in [6.07, 6.45) is 0.233. The fourth-order valence-electron chi connectivity index (χ4n) is 3.40. The van der Waals surface area contributed by atoms with E-state index in [0.717, 1.165) is 16.5 Å². The summed E-state index contributed by atoms with van der Waals surface area (Å²) in [5.41, 5.74) is 3.02. The van der Waals surface area contributed by atoms with Gasteiger partial charge in [0.2, 0.25) is 11.7 Å². The van der Waals surface area contributed by atoms with Gasteiger partial charge in [-0.25, -0.2) is 0 Å². The van der Waals surface area contributed by atoms with Crippen LogP contribution in [0, 0.1) is 6.92 Å². The summed E-state index contributed by atoms with van der Waals surface area (Å²) in [5, 5.41) is 3.64. The van der Waals surface area contributed by atoms with Gasteiger partial charge in [-0.2, -0.15) is 0 Å². The minimum absolute atomic E-state index is 0.168. The summed E-state index contributed by atoms with van der Waals surface area (Å²) >= 11 is 0. The third-order valence-electron chi connectivity index (χ3n) is 4.96. The molecule has 1 aliphatic heterocycles. The Balaban J connectivity index is 1.64. The lowest BCUT2D eigenvalue weighted by Crippen LogP contribution is -2.40. The smallest absolute Gasteiger partial charge is 0.291 e. The Morgan fingerprint density at radius 2 is 1.75 bits per heavy atom. The second-order valence-corrected chi connectivity index (χ2v) is 6.86. The van der Waals surface area contributed by atoms with E-state index in [-0.39, 0.29) is 24.0 Å². The summed E-state index contributed by atoms with van der Waals surface area (Å²) in [7, 11) is 0. The zero-order valence-corrected chi connectivity index (χ0v) is 15.7. The first-order valence-electron chi connectivity index (χ1n) is 9.36. The Morgan fingerprint density at radius 1 is 1.04 bits per heavy atom. The number of rotatable bonds is 4. The van der Waals surface area contributed by atoms with E-state index in [2.05, 4.69) is 5.32 Å². The van der Waals surface area contributed by atoms with Gasteiger partial charge < -0.3 is 19.4 Å². The Kier molecular flexibility index (Phi) is 5.12. The fourth-order valence-corrected chi connectivity index (χ4v) is 3.40. The van der Waals surface area contributed by atoms with Gasteiger partial charge >= 0.3 is 0 Å². The second-order valence-electron chi connectivity index (χ2n) is 6.86. The van der Waals surface area contributed by atoms with Crippen molar-refractivity contribution in [3.8, 4) is 0 Å². The summed E-state index contributed by atoms with van der Waals surface area (Å²) in [6, 6.07) is 15.1. The molecule has 1 N–H and O–H groups in total. The topological polar surface area (TPSA) is 71.8 Å². The van der Waals surface area contributed by atoms with E-state index in [0.29, 0.717) is 37.6 Å². The second kappa shape index (κ2) is 7.86. The van der Waals surface area contributed by atoms with Crippen molar-refractivity contribution in [2.24, 2.45) is 0 Å². The molecule has 6 heteroatoms. The average Bonchev–Trinajstić information content (AvgIpc) is 3.08. The van der Waals surface area contributed by atoms with Gasteiger partial charge in [0.25, 0.3) is 5.91 Å². The molecule has 0 unspecified atom stereocenters. The highest BCUT2D eigenvalue weighted by molar-refractivity contribution is 6.11. The van der Waals surface area contributed by atoms with Gasteiger partial charge in [-0.3, -0.25) is 9.59 Å². The van der Waals surface area contributed by atoms with E-state index >= 15 is 0 Å². The Bertz CT molecular complexity index is 1020. The van der Waals surface area contributed by atoms with Crippen LogP contribution >= 0.6 is 0 Å². The number of amides is 2. The number of hydrogen-bond donors (Lipinski definition) is 1. The SMILES string of the molecule is Cc1ccccc1CC(=O)Nc1c(C(=O)N2CCOCC2)oc2ccccc12. The highest BCUT2D eigenvalue weighted by Gasteiger charge is 2.27. The van der Waals surface area contributed by atoms with Gasteiger partial charge in [-0.05, 0) is 30.2 Å². The molecule has 1 fully saturated rings. The van der Waals surface area contributed by atoms with Crippen molar-refractivity contribution in [1.82, 2.24) is 4.90 Å². The van der Waals surface area contributed by atoms with Crippen LogP contribution in [-0.4, -0.2) is 43.0 Å². The number of aryl methyl sites for hydroxylation is 1. The molecule has 1 saturated heterocycles. The molecule has 0 bridgehead atoms. The monoisotopic (exact) mass is 378 g/mol. The number of ether oxygens (including phenoxy) is 1. The highest BCUT2D eigenvalue weighted by atomic mass is 16.5.